The predicted octanol–water partition coefficient (Wildman–Crippen LogP) is 4.01. The van der Waals surface area contributed by atoms with Gasteiger partial charge in [0, 0.05) is 22.8 Å². The Morgan fingerprint density at radius 3 is 2.64 bits per heavy atom. The zero-order valence-corrected chi connectivity index (χ0v) is 14.2. The van der Waals surface area contributed by atoms with Crippen LogP contribution in [0.3, 0.4) is 0 Å². The van der Waals surface area contributed by atoms with Crippen molar-refractivity contribution in [1.29, 1.82) is 0 Å². The first-order valence-corrected chi connectivity index (χ1v) is 8.90. The van der Waals surface area contributed by atoms with Crippen molar-refractivity contribution in [2.75, 3.05) is 0 Å². The molecule has 4 heteroatoms. The van der Waals surface area contributed by atoms with Gasteiger partial charge in [0.25, 0.3) is 0 Å². The van der Waals surface area contributed by atoms with E-state index in [4.69, 9.17) is 0 Å². The van der Waals surface area contributed by atoms with Gasteiger partial charge in [-0.15, -0.1) is 0 Å². The zero-order valence-electron chi connectivity index (χ0n) is 14.2. The Hall–Kier alpha value is -2.04. The van der Waals surface area contributed by atoms with Gasteiger partial charge in [0.05, 0.1) is 12.3 Å². The molecule has 1 aromatic carbocycles. The van der Waals surface area contributed by atoms with E-state index in [0.717, 1.165) is 32.1 Å². The molecule has 0 saturated carbocycles. The van der Waals surface area contributed by atoms with E-state index < -0.39 is 11.9 Å². The topological polar surface area (TPSA) is 45.2 Å². The van der Waals surface area contributed by atoms with E-state index in [1.165, 1.54) is 17.8 Å². The average molecular weight is 338 g/mol. The molecule has 2 fully saturated rings. The van der Waals surface area contributed by atoms with Crippen LogP contribution in [0.2, 0.25) is 0 Å². The molecule has 0 unspecified atom stereocenters. The van der Waals surface area contributed by atoms with Gasteiger partial charge in [0.15, 0.2) is 0 Å². The predicted molar refractivity (Wildman–Crippen MR) is 96.3 cm³/mol. The lowest BCUT2D eigenvalue weighted by Gasteiger charge is -2.32. The molecule has 0 aliphatic carbocycles. The molecule has 3 heterocycles. The van der Waals surface area contributed by atoms with Crippen molar-refractivity contribution in [3.8, 4) is 0 Å². The first-order valence-electron chi connectivity index (χ1n) is 8.90. The summed E-state index contributed by atoms with van der Waals surface area (Å²) in [6.07, 6.45) is 11.2. The second-order valence-electron chi connectivity index (χ2n) is 7.42. The smallest absolute Gasteiger partial charge is 0.141 e. The molecule has 0 spiro atoms. The van der Waals surface area contributed by atoms with Crippen LogP contribution in [0.4, 0.5) is 4.39 Å². The van der Waals surface area contributed by atoms with Gasteiger partial charge in [-0.2, -0.15) is 0 Å². The number of benzene rings is 1. The third kappa shape index (κ3) is 3.12. The van der Waals surface area contributed by atoms with Gasteiger partial charge in [-0.3, -0.25) is 4.98 Å². The molecule has 2 bridgehead atoms. The normalized spacial score (nSPS) is 29.4. The summed E-state index contributed by atoms with van der Waals surface area (Å²) in [6, 6.07) is 11.7. The van der Waals surface area contributed by atoms with Crippen molar-refractivity contribution in [2.45, 2.75) is 49.3 Å². The average Bonchev–Trinajstić information content (AvgIpc) is 3.19. The van der Waals surface area contributed by atoms with Crippen molar-refractivity contribution in [2.24, 2.45) is 0 Å². The van der Waals surface area contributed by atoms with Crippen molar-refractivity contribution in [3.05, 3.63) is 71.8 Å². The molecule has 4 rings (SSSR count). The number of pyridine rings is 1. The fraction of sp³-hybridized carbons (Fsp3) is 0.381. The van der Waals surface area contributed by atoms with E-state index in [9.17, 15) is 9.50 Å². The summed E-state index contributed by atoms with van der Waals surface area (Å²) in [7, 11) is 0. The van der Waals surface area contributed by atoms with Crippen LogP contribution in [0.25, 0.3) is 6.08 Å². The molecule has 0 radical (unpaired) electrons. The molecule has 0 amide bonds. The quantitative estimate of drug-likeness (QED) is 0.866. The minimum Gasteiger partial charge on any atom is -0.386 e. The Morgan fingerprint density at radius 2 is 1.92 bits per heavy atom. The van der Waals surface area contributed by atoms with E-state index in [2.05, 4.69) is 34.6 Å². The Kier molecular flexibility index (Phi) is 4.18. The van der Waals surface area contributed by atoms with Crippen molar-refractivity contribution in [3.63, 3.8) is 0 Å². The third-order valence-electron chi connectivity index (χ3n) is 5.80. The maximum atomic E-state index is 13.5. The molecule has 1 atom stereocenters. The summed E-state index contributed by atoms with van der Waals surface area (Å²) in [6.45, 7) is 0. The van der Waals surface area contributed by atoms with Gasteiger partial charge >= 0.3 is 0 Å². The van der Waals surface area contributed by atoms with Gasteiger partial charge in [-0.05, 0) is 43.7 Å². The lowest BCUT2D eigenvalue weighted by Crippen LogP contribution is -2.46. The maximum Gasteiger partial charge on any atom is 0.141 e. The van der Waals surface area contributed by atoms with E-state index >= 15 is 0 Å². The summed E-state index contributed by atoms with van der Waals surface area (Å²) in [5.41, 5.74) is 1.46. The van der Waals surface area contributed by atoms with Crippen molar-refractivity contribution in [1.82, 2.24) is 10.3 Å². The van der Waals surface area contributed by atoms with Gasteiger partial charge in [0.2, 0.25) is 0 Å². The minimum atomic E-state index is -0.724. The maximum absolute atomic E-state index is 13.5. The first-order chi connectivity index (χ1) is 12.1. The number of halogens is 1. The monoisotopic (exact) mass is 338 g/mol. The molecule has 3 nitrogen and oxygen atoms in total. The second-order valence-corrected chi connectivity index (χ2v) is 7.42. The van der Waals surface area contributed by atoms with E-state index in [1.54, 1.807) is 6.20 Å². The number of aliphatic hydroxyl groups excluding tert-OH is 1. The molecule has 130 valence electrons. The molecule has 2 aliphatic rings. The minimum absolute atomic E-state index is 0.0486. The molecule has 2 aliphatic heterocycles. The second kappa shape index (κ2) is 6.36. The van der Waals surface area contributed by atoms with Crippen LogP contribution >= 0.6 is 0 Å². The SMILES string of the molecule is O[C@@H](c1cncc(F)c1)C12CCC(C/C=C/c3ccccc3)(CC1)N2. The highest BCUT2D eigenvalue weighted by Gasteiger charge is 2.56. The number of hydrogen-bond acceptors (Lipinski definition) is 3. The lowest BCUT2D eigenvalue weighted by atomic mass is 9.77. The first kappa shape index (κ1) is 16.4. The molecule has 25 heavy (non-hydrogen) atoms. The van der Waals surface area contributed by atoms with Crippen LogP contribution in [0.1, 0.15) is 49.3 Å². The van der Waals surface area contributed by atoms with Gasteiger partial charge in [0.1, 0.15) is 5.82 Å². The summed E-state index contributed by atoms with van der Waals surface area (Å²) < 4.78 is 13.5. The molecule has 2 aromatic rings. The molecular weight excluding hydrogens is 315 g/mol. The summed E-state index contributed by atoms with van der Waals surface area (Å²) >= 11 is 0. The van der Waals surface area contributed by atoms with Gasteiger partial charge in [-0.1, -0.05) is 42.5 Å². The van der Waals surface area contributed by atoms with Gasteiger partial charge in [-0.25, -0.2) is 4.39 Å². The highest BCUT2D eigenvalue weighted by molar-refractivity contribution is 5.49. The van der Waals surface area contributed by atoms with Crippen LogP contribution < -0.4 is 5.32 Å². The number of aromatic nitrogens is 1. The molecule has 2 saturated heterocycles. The fourth-order valence-electron chi connectivity index (χ4n) is 4.43. The zero-order chi connectivity index (χ0) is 17.3. The Labute approximate surface area is 147 Å². The Balaban J connectivity index is 1.46. The van der Waals surface area contributed by atoms with Crippen LogP contribution in [-0.4, -0.2) is 21.2 Å². The largest absolute Gasteiger partial charge is 0.386 e. The van der Waals surface area contributed by atoms with Crippen LogP contribution in [0, 0.1) is 5.82 Å². The van der Waals surface area contributed by atoms with E-state index in [0.29, 0.717) is 5.56 Å². The highest BCUT2D eigenvalue weighted by Crippen LogP contribution is 2.51. The summed E-state index contributed by atoms with van der Waals surface area (Å²) in [5.74, 6) is -0.402. The van der Waals surface area contributed by atoms with Gasteiger partial charge < -0.3 is 10.4 Å². The van der Waals surface area contributed by atoms with Crippen LogP contribution in [0.15, 0.2) is 54.9 Å². The number of rotatable bonds is 5. The van der Waals surface area contributed by atoms with Crippen LogP contribution in [0.5, 0.6) is 0 Å². The van der Waals surface area contributed by atoms with Crippen molar-refractivity contribution >= 4 is 6.08 Å². The number of nitrogens with one attached hydrogen (secondary N) is 1. The number of aliphatic hydroxyl groups is 1. The fourth-order valence-corrected chi connectivity index (χ4v) is 4.43. The van der Waals surface area contributed by atoms with E-state index in [-0.39, 0.29) is 11.1 Å². The molecule has 1 aromatic heterocycles. The summed E-state index contributed by atoms with van der Waals surface area (Å²) in [5, 5.41) is 14.6. The molecule has 2 N–H and O–H groups in total. The lowest BCUT2D eigenvalue weighted by molar-refractivity contribution is 0.0731. The highest BCUT2D eigenvalue weighted by atomic mass is 19.1. The third-order valence-corrected chi connectivity index (χ3v) is 5.80. The number of nitrogens with zero attached hydrogens (tertiary/aromatic N) is 1. The number of fused-ring (bicyclic) bond motifs is 2. The van der Waals surface area contributed by atoms with E-state index in [1.807, 2.05) is 18.2 Å². The standard InChI is InChI=1S/C21H23FN2O/c22-18-13-17(14-23-15-18)19(25)21-11-9-20(24-21,10-12-21)8-4-7-16-5-2-1-3-6-16/h1-7,13-15,19,24-25H,8-12H2/b7-4+/t19-,20?,21?/m0/s1. The number of hydrogen-bond donors (Lipinski definition) is 2. The Bertz CT molecular complexity index is 766. The summed E-state index contributed by atoms with van der Waals surface area (Å²) in [4.78, 5) is 3.88. The molecular formula is C21H23FN2O. The van der Waals surface area contributed by atoms with Crippen LogP contribution in [-0.2, 0) is 0 Å². The van der Waals surface area contributed by atoms with Crippen molar-refractivity contribution < 1.29 is 9.50 Å². The Morgan fingerprint density at radius 1 is 1.16 bits per heavy atom.